The highest BCUT2D eigenvalue weighted by Gasteiger charge is 2.19. The molecule has 1 fully saturated rings. The van der Waals surface area contributed by atoms with Crippen molar-refractivity contribution in [2.24, 2.45) is 0 Å². The summed E-state index contributed by atoms with van der Waals surface area (Å²) in [5.74, 6) is -0.173. The largest absolute Gasteiger partial charge is 0.452 e. The van der Waals surface area contributed by atoms with Crippen molar-refractivity contribution < 1.29 is 9.21 Å². The summed E-state index contributed by atoms with van der Waals surface area (Å²) in [6.07, 6.45) is 6.62. The number of rotatable bonds is 5. The summed E-state index contributed by atoms with van der Waals surface area (Å²) < 4.78 is 4.89. The maximum absolute atomic E-state index is 11.8. The Hall–Kier alpha value is -1.00. The molecule has 0 atom stereocenters. The Morgan fingerprint density at radius 2 is 2.28 bits per heavy atom. The molecule has 5 heteroatoms. The normalized spacial score (nSPS) is 16.4. The van der Waals surface area contributed by atoms with Crippen LogP contribution in [0.15, 0.2) is 16.7 Å². The maximum atomic E-state index is 11.8. The van der Waals surface area contributed by atoms with E-state index in [9.17, 15) is 4.79 Å². The molecule has 0 saturated heterocycles. The van der Waals surface area contributed by atoms with Crippen molar-refractivity contribution in [1.29, 1.82) is 0 Å². The van der Waals surface area contributed by atoms with E-state index in [1.165, 1.54) is 31.9 Å². The fourth-order valence-corrected chi connectivity index (χ4v) is 2.62. The van der Waals surface area contributed by atoms with E-state index in [0.717, 1.165) is 6.54 Å². The van der Waals surface area contributed by atoms with Crippen LogP contribution in [0, 0.1) is 0 Å². The number of carbonyl (C=O) groups excluding carboxylic acids is 1. The average molecular weight is 271 g/mol. The van der Waals surface area contributed by atoms with Crippen molar-refractivity contribution in [1.82, 2.24) is 10.2 Å². The molecule has 0 aromatic carbocycles. The number of carbonyl (C=O) groups is 1. The van der Waals surface area contributed by atoms with Gasteiger partial charge in [-0.3, -0.25) is 4.79 Å². The topological polar surface area (TPSA) is 45.5 Å². The Bertz CT molecular complexity index is 399. The fraction of sp³-hybridized carbons (Fsp3) is 0.615. The zero-order valence-corrected chi connectivity index (χ0v) is 11.4. The molecule has 1 aromatic rings. The monoisotopic (exact) mass is 270 g/mol. The van der Waals surface area contributed by atoms with Crippen molar-refractivity contribution in [3.05, 3.63) is 23.1 Å². The van der Waals surface area contributed by atoms with Gasteiger partial charge in [-0.1, -0.05) is 12.8 Å². The molecular formula is C13H19ClN2O2. The lowest BCUT2D eigenvalue weighted by atomic mass is 10.2. The summed E-state index contributed by atoms with van der Waals surface area (Å²) in [6, 6.07) is 2.26. The van der Waals surface area contributed by atoms with E-state index in [0.29, 0.717) is 18.2 Å². The first kappa shape index (κ1) is 13.4. The first-order chi connectivity index (χ1) is 8.68. The van der Waals surface area contributed by atoms with Crippen LogP contribution in [-0.4, -0.2) is 37.0 Å². The minimum Gasteiger partial charge on any atom is -0.452 e. The molecule has 18 heavy (non-hydrogen) atoms. The Labute approximate surface area is 112 Å². The highest BCUT2D eigenvalue weighted by Crippen LogP contribution is 2.21. The standard InChI is InChI=1S/C13H19ClN2O2/c1-16(10-4-2-3-5-10)8-7-15-13(17)11-6-9-18-12(11)14/h6,9-10H,2-5,7-8H2,1H3,(H,15,17). The molecule has 1 amide bonds. The molecule has 100 valence electrons. The van der Waals surface area contributed by atoms with Gasteiger partial charge in [0.2, 0.25) is 5.22 Å². The van der Waals surface area contributed by atoms with Gasteiger partial charge in [-0.2, -0.15) is 0 Å². The van der Waals surface area contributed by atoms with Crippen molar-refractivity contribution in [3.8, 4) is 0 Å². The third-order valence-electron chi connectivity index (χ3n) is 3.56. The number of amides is 1. The number of hydrogen-bond acceptors (Lipinski definition) is 3. The molecule has 1 heterocycles. The van der Waals surface area contributed by atoms with E-state index in [1.807, 2.05) is 0 Å². The smallest absolute Gasteiger partial charge is 0.256 e. The van der Waals surface area contributed by atoms with Gasteiger partial charge in [0.05, 0.1) is 11.8 Å². The van der Waals surface area contributed by atoms with Gasteiger partial charge in [0.15, 0.2) is 0 Å². The van der Waals surface area contributed by atoms with Crippen LogP contribution < -0.4 is 5.32 Å². The molecule has 0 aliphatic heterocycles. The number of likely N-dealkylation sites (N-methyl/N-ethyl adjacent to an activating group) is 1. The highest BCUT2D eigenvalue weighted by molar-refractivity contribution is 6.32. The first-order valence-corrected chi connectivity index (χ1v) is 6.77. The molecule has 0 radical (unpaired) electrons. The Kier molecular flexibility index (Phi) is 4.66. The zero-order valence-electron chi connectivity index (χ0n) is 10.6. The molecular weight excluding hydrogens is 252 g/mol. The van der Waals surface area contributed by atoms with E-state index in [2.05, 4.69) is 17.3 Å². The summed E-state index contributed by atoms with van der Waals surface area (Å²) in [6.45, 7) is 1.50. The average Bonchev–Trinajstić information content (AvgIpc) is 2.99. The summed E-state index contributed by atoms with van der Waals surface area (Å²) in [5.41, 5.74) is 0.403. The van der Waals surface area contributed by atoms with Crippen LogP contribution in [0.3, 0.4) is 0 Å². The number of halogens is 1. The zero-order chi connectivity index (χ0) is 13.0. The van der Waals surface area contributed by atoms with E-state index in [-0.39, 0.29) is 11.1 Å². The molecule has 1 saturated carbocycles. The van der Waals surface area contributed by atoms with Crippen LogP contribution in [-0.2, 0) is 0 Å². The lowest BCUT2D eigenvalue weighted by Crippen LogP contribution is -2.37. The van der Waals surface area contributed by atoms with Gasteiger partial charge in [-0.15, -0.1) is 0 Å². The molecule has 1 N–H and O–H groups in total. The van der Waals surface area contributed by atoms with E-state index >= 15 is 0 Å². The van der Waals surface area contributed by atoms with Crippen molar-refractivity contribution in [2.45, 2.75) is 31.7 Å². The van der Waals surface area contributed by atoms with Crippen LogP contribution in [0.4, 0.5) is 0 Å². The molecule has 2 rings (SSSR count). The number of hydrogen-bond donors (Lipinski definition) is 1. The van der Waals surface area contributed by atoms with Gasteiger partial charge in [-0.25, -0.2) is 0 Å². The van der Waals surface area contributed by atoms with Crippen molar-refractivity contribution in [2.75, 3.05) is 20.1 Å². The quantitative estimate of drug-likeness (QED) is 0.894. The van der Waals surface area contributed by atoms with E-state index in [4.69, 9.17) is 16.0 Å². The van der Waals surface area contributed by atoms with Gasteiger partial charge in [-0.05, 0) is 37.6 Å². The summed E-state index contributed by atoms with van der Waals surface area (Å²) >= 11 is 5.74. The lowest BCUT2D eigenvalue weighted by Gasteiger charge is -2.23. The van der Waals surface area contributed by atoms with Crippen LogP contribution in [0.2, 0.25) is 5.22 Å². The third kappa shape index (κ3) is 3.27. The van der Waals surface area contributed by atoms with Crippen LogP contribution in [0.1, 0.15) is 36.0 Å². The van der Waals surface area contributed by atoms with Gasteiger partial charge in [0.25, 0.3) is 5.91 Å². The Morgan fingerprint density at radius 1 is 1.56 bits per heavy atom. The molecule has 1 aliphatic carbocycles. The van der Waals surface area contributed by atoms with Gasteiger partial charge < -0.3 is 14.6 Å². The second-order valence-corrected chi connectivity index (χ2v) is 5.13. The minimum absolute atomic E-state index is 0.150. The maximum Gasteiger partial charge on any atom is 0.256 e. The highest BCUT2D eigenvalue weighted by atomic mass is 35.5. The molecule has 4 nitrogen and oxygen atoms in total. The second-order valence-electron chi connectivity index (χ2n) is 4.78. The molecule has 1 aliphatic rings. The predicted molar refractivity (Wildman–Crippen MR) is 70.9 cm³/mol. The Morgan fingerprint density at radius 3 is 2.89 bits per heavy atom. The molecule has 0 unspecified atom stereocenters. The van der Waals surface area contributed by atoms with Gasteiger partial charge >= 0.3 is 0 Å². The van der Waals surface area contributed by atoms with Crippen LogP contribution in [0.25, 0.3) is 0 Å². The van der Waals surface area contributed by atoms with E-state index in [1.54, 1.807) is 6.07 Å². The number of furan rings is 1. The fourth-order valence-electron chi connectivity index (χ4n) is 2.42. The number of nitrogens with zero attached hydrogens (tertiary/aromatic N) is 1. The summed E-state index contributed by atoms with van der Waals surface area (Å²) in [5, 5.41) is 3.00. The molecule has 0 bridgehead atoms. The SMILES string of the molecule is CN(CCNC(=O)c1ccoc1Cl)C1CCCC1. The van der Waals surface area contributed by atoms with Crippen molar-refractivity contribution >= 4 is 17.5 Å². The summed E-state index contributed by atoms with van der Waals surface area (Å²) in [7, 11) is 2.12. The van der Waals surface area contributed by atoms with Crippen molar-refractivity contribution in [3.63, 3.8) is 0 Å². The summed E-state index contributed by atoms with van der Waals surface area (Å²) in [4.78, 5) is 14.1. The third-order valence-corrected chi connectivity index (χ3v) is 3.85. The second kappa shape index (κ2) is 6.25. The number of nitrogens with one attached hydrogen (secondary N) is 1. The predicted octanol–water partition coefficient (Wildman–Crippen LogP) is 2.54. The minimum atomic E-state index is -0.173. The van der Waals surface area contributed by atoms with E-state index < -0.39 is 0 Å². The van der Waals surface area contributed by atoms with Crippen LogP contribution in [0.5, 0.6) is 0 Å². The molecule has 1 aromatic heterocycles. The van der Waals surface area contributed by atoms with Crippen LogP contribution >= 0.6 is 11.6 Å². The molecule has 0 spiro atoms. The van der Waals surface area contributed by atoms with Gasteiger partial charge in [0, 0.05) is 19.1 Å². The first-order valence-electron chi connectivity index (χ1n) is 6.40. The van der Waals surface area contributed by atoms with Gasteiger partial charge in [0.1, 0.15) is 0 Å². The lowest BCUT2D eigenvalue weighted by molar-refractivity contribution is 0.0946. The Balaban J connectivity index is 1.72.